The van der Waals surface area contributed by atoms with Crippen molar-refractivity contribution in [3.63, 3.8) is 0 Å². The van der Waals surface area contributed by atoms with Crippen LogP contribution in [0.4, 0.5) is 0 Å². The van der Waals surface area contributed by atoms with Crippen LogP contribution in [0.3, 0.4) is 0 Å². The second-order valence-corrected chi connectivity index (χ2v) is 5.87. The van der Waals surface area contributed by atoms with Crippen LogP contribution in [0.25, 0.3) is 0 Å². The molecule has 90 valence electrons. The van der Waals surface area contributed by atoms with E-state index in [1.54, 1.807) is 0 Å². The maximum Gasteiger partial charge on any atom is 0.226 e. The van der Waals surface area contributed by atoms with Gasteiger partial charge in [-0.1, -0.05) is 13.8 Å². The summed E-state index contributed by atoms with van der Waals surface area (Å²) in [5.41, 5.74) is 0. The molecule has 3 aliphatic rings. The first-order valence-corrected chi connectivity index (χ1v) is 6.73. The van der Waals surface area contributed by atoms with Crippen molar-refractivity contribution in [3.05, 3.63) is 0 Å². The largest absolute Gasteiger partial charge is 0.339 e. The van der Waals surface area contributed by atoms with Gasteiger partial charge in [-0.25, -0.2) is 0 Å². The molecule has 3 fully saturated rings. The molecular weight excluding hydrogens is 200 g/mol. The Labute approximate surface area is 97.6 Å². The van der Waals surface area contributed by atoms with E-state index in [9.17, 15) is 4.79 Å². The number of carbonyl (C=O) groups is 1. The molecular formula is C13H22N2O. The molecule has 1 N–H and O–H groups in total. The molecule has 16 heavy (non-hydrogen) atoms. The molecule has 3 nitrogen and oxygen atoms in total. The Hall–Kier alpha value is -0.570. The number of hydrogen-bond acceptors (Lipinski definition) is 2. The quantitative estimate of drug-likeness (QED) is 0.759. The lowest BCUT2D eigenvalue weighted by Gasteiger charge is -2.27. The van der Waals surface area contributed by atoms with Gasteiger partial charge in [-0.3, -0.25) is 4.79 Å². The first-order valence-electron chi connectivity index (χ1n) is 6.73. The third-order valence-electron chi connectivity index (χ3n) is 4.85. The van der Waals surface area contributed by atoms with Gasteiger partial charge in [0.25, 0.3) is 0 Å². The van der Waals surface area contributed by atoms with E-state index in [4.69, 9.17) is 0 Å². The summed E-state index contributed by atoms with van der Waals surface area (Å²) in [7, 11) is 0. The van der Waals surface area contributed by atoms with Gasteiger partial charge in [-0.15, -0.1) is 0 Å². The molecule has 5 atom stereocenters. The molecule has 0 bridgehead atoms. The molecule has 0 aromatic carbocycles. The summed E-state index contributed by atoms with van der Waals surface area (Å²) in [6.07, 6.45) is 2.25. The number of fused-ring (bicyclic) bond motifs is 1. The molecule has 2 aliphatic heterocycles. The summed E-state index contributed by atoms with van der Waals surface area (Å²) in [5.74, 6) is 2.91. The van der Waals surface area contributed by atoms with Crippen LogP contribution in [-0.4, -0.2) is 36.5 Å². The van der Waals surface area contributed by atoms with Crippen molar-refractivity contribution in [2.75, 3.05) is 19.6 Å². The monoisotopic (exact) mass is 222 g/mol. The zero-order valence-electron chi connectivity index (χ0n) is 10.3. The van der Waals surface area contributed by atoms with E-state index in [2.05, 4.69) is 24.1 Å². The Kier molecular flexibility index (Phi) is 2.46. The second-order valence-electron chi connectivity index (χ2n) is 5.87. The lowest BCUT2D eigenvalue weighted by molar-refractivity contribution is -0.134. The predicted octanol–water partition coefficient (Wildman–Crippen LogP) is 1.10. The summed E-state index contributed by atoms with van der Waals surface area (Å²) >= 11 is 0. The number of hydrogen-bond donors (Lipinski definition) is 1. The van der Waals surface area contributed by atoms with Crippen molar-refractivity contribution in [3.8, 4) is 0 Å². The van der Waals surface area contributed by atoms with Gasteiger partial charge in [0.05, 0.1) is 0 Å². The van der Waals surface area contributed by atoms with Gasteiger partial charge in [0, 0.05) is 31.6 Å². The van der Waals surface area contributed by atoms with E-state index >= 15 is 0 Å². The van der Waals surface area contributed by atoms with Crippen LogP contribution in [0.1, 0.15) is 26.7 Å². The highest BCUT2D eigenvalue weighted by Gasteiger charge is 2.49. The number of nitrogens with one attached hydrogen (secondary N) is 1. The Morgan fingerprint density at radius 3 is 2.81 bits per heavy atom. The van der Waals surface area contributed by atoms with Crippen LogP contribution >= 0.6 is 0 Å². The first-order chi connectivity index (χ1) is 7.72. The lowest BCUT2D eigenvalue weighted by atomic mass is 9.93. The van der Waals surface area contributed by atoms with Gasteiger partial charge in [-0.05, 0) is 30.6 Å². The van der Waals surface area contributed by atoms with Crippen LogP contribution in [-0.2, 0) is 4.79 Å². The minimum atomic E-state index is 0.362. The first kappa shape index (κ1) is 10.6. The molecule has 0 radical (unpaired) electrons. The summed E-state index contributed by atoms with van der Waals surface area (Å²) < 4.78 is 0. The van der Waals surface area contributed by atoms with Crippen molar-refractivity contribution in [1.29, 1.82) is 0 Å². The second kappa shape index (κ2) is 3.73. The molecule has 0 aromatic rings. The summed E-state index contributed by atoms with van der Waals surface area (Å²) in [6.45, 7) is 7.67. The SMILES string of the molecule is CCC1C2CNCC2CN1C(=O)C1CC1C. The van der Waals surface area contributed by atoms with Gasteiger partial charge in [0.15, 0.2) is 0 Å². The van der Waals surface area contributed by atoms with Crippen molar-refractivity contribution in [2.24, 2.45) is 23.7 Å². The van der Waals surface area contributed by atoms with E-state index in [1.807, 2.05) is 0 Å². The molecule has 1 aliphatic carbocycles. The third-order valence-corrected chi connectivity index (χ3v) is 4.85. The molecule has 1 saturated carbocycles. The summed E-state index contributed by atoms with van der Waals surface area (Å²) in [6, 6.07) is 0.514. The fraction of sp³-hybridized carbons (Fsp3) is 0.923. The Morgan fingerprint density at radius 2 is 2.19 bits per heavy atom. The van der Waals surface area contributed by atoms with Gasteiger partial charge < -0.3 is 10.2 Å². The zero-order valence-corrected chi connectivity index (χ0v) is 10.3. The minimum Gasteiger partial charge on any atom is -0.339 e. The van der Waals surface area contributed by atoms with Crippen molar-refractivity contribution in [2.45, 2.75) is 32.7 Å². The normalized spacial score (nSPS) is 45.9. The van der Waals surface area contributed by atoms with Crippen LogP contribution in [0, 0.1) is 23.7 Å². The number of carbonyl (C=O) groups excluding carboxylic acids is 1. The minimum absolute atomic E-state index is 0.362. The topological polar surface area (TPSA) is 32.3 Å². The number of likely N-dealkylation sites (tertiary alicyclic amines) is 1. The van der Waals surface area contributed by atoms with E-state index in [1.165, 1.54) is 0 Å². The summed E-state index contributed by atoms with van der Waals surface area (Å²) in [5, 5.41) is 3.46. The molecule has 1 amide bonds. The Balaban J connectivity index is 1.73. The maximum absolute atomic E-state index is 12.3. The van der Waals surface area contributed by atoms with Crippen molar-refractivity contribution >= 4 is 5.91 Å². The molecule has 2 heterocycles. The predicted molar refractivity (Wildman–Crippen MR) is 62.9 cm³/mol. The van der Waals surface area contributed by atoms with Crippen molar-refractivity contribution < 1.29 is 4.79 Å². The molecule has 5 unspecified atom stereocenters. The van der Waals surface area contributed by atoms with Crippen LogP contribution in [0.15, 0.2) is 0 Å². The molecule has 3 heteroatoms. The standard InChI is InChI=1S/C13H22N2O/c1-3-12-11-6-14-5-9(11)7-15(12)13(16)10-4-8(10)2/h8-12,14H,3-7H2,1-2H3. The average Bonchev–Trinajstić information content (AvgIpc) is 2.73. The number of rotatable bonds is 2. The fourth-order valence-corrected chi connectivity index (χ4v) is 3.68. The molecule has 2 saturated heterocycles. The summed E-state index contributed by atoms with van der Waals surface area (Å²) in [4.78, 5) is 14.5. The highest BCUT2D eigenvalue weighted by molar-refractivity contribution is 5.82. The average molecular weight is 222 g/mol. The number of amides is 1. The maximum atomic E-state index is 12.3. The number of nitrogens with zero attached hydrogens (tertiary/aromatic N) is 1. The van der Waals surface area contributed by atoms with Crippen molar-refractivity contribution in [1.82, 2.24) is 10.2 Å². The van der Waals surface area contributed by atoms with E-state index in [-0.39, 0.29) is 0 Å². The van der Waals surface area contributed by atoms with E-state index in [0.29, 0.717) is 23.8 Å². The fourth-order valence-electron chi connectivity index (χ4n) is 3.68. The Morgan fingerprint density at radius 1 is 1.44 bits per heavy atom. The zero-order chi connectivity index (χ0) is 11.3. The lowest BCUT2D eigenvalue weighted by Crippen LogP contribution is -2.40. The van der Waals surface area contributed by atoms with E-state index < -0.39 is 0 Å². The van der Waals surface area contributed by atoms with Crippen LogP contribution in [0.2, 0.25) is 0 Å². The van der Waals surface area contributed by atoms with E-state index in [0.717, 1.165) is 44.3 Å². The van der Waals surface area contributed by atoms with Crippen LogP contribution in [0.5, 0.6) is 0 Å². The third kappa shape index (κ3) is 1.48. The molecule has 0 spiro atoms. The highest BCUT2D eigenvalue weighted by Crippen LogP contribution is 2.43. The molecule has 0 aromatic heterocycles. The van der Waals surface area contributed by atoms with Crippen LogP contribution < -0.4 is 5.32 Å². The van der Waals surface area contributed by atoms with Gasteiger partial charge in [0.1, 0.15) is 0 Å². The van der Waals surface area contributed by atoms with Gasteiger partial charge in [0.2, 0.25) is 5.91 Å². The van der Waals surface area contributed by atoms with Gasteiger partial charge in [-0.2, -0.15) is 0 Å². The molecule has 3 rings (SSSR count). The Bertz CT molecular complexity index is 304. The smallest absolute Gasteiger partial charge is 0.226 e. The highest BCUT2D eigenvalue weighted by atomic mass is 16.2. The van der Waals surface area contributed by atoms with Gasteiger partial charge >= 0.3 is 0 Å².